The highest BCUT2D eigenvalue weighted by molar-refractivity contribution is 5.84. The molecule has 5 fully saturated rings. The third kappa shape index (κ3) is 4.28. The van der Waals surface area contributed by atoms with Crippen molar-refractivity contribution in [2.24, 2.45) is 56.7 Å². The van der Waals surface area contributed by atoms with Crippen LogP contribution in [0.15, 0.2) is 11.6 Å². The molecular weight excluding hydrogens is 576 g/mol. The summed E-state index contributed by atoms with van der Waals surface area (Å²) in [6.45, 7) is 15.0. The number of allylic oxidation sites excluding steroid dienone is 1. The third-order valence-electron chi connectivity index (χ3n) is 15.3. The summed E-state index contributed by atoms with van der Waals surface area (Å²) in [4.78, 5) is 26.8. The van der Waals surface area contributed by atoms with Gasteiger partial charge in [0.05, 0.1) is 23.0 Å². The monoisotopic (exact) mass is 632 g/mol. The lowest BCUT2D eigenvalue weighted by atomic mass is 9.33. The van der Waals surface area contributed by atoms with Gasteiger partial charge in [0.1, 0.15) is 18.3 Å². The van der Waals surface area contributed by atoms with Crippen LogP contribution >= 0.6 is 0 Å². The Morgan fingerprint density at radius 2 is 1.51 bits per heavy atom. The maximum Gasteiger partial charge on any atom is 0.314 e. The van der Waals surface area contributed by atoms with E-state index >= 15 is 0 Å². The highest BCUT2D eigenvalue weighted by Crippen LogP contribution is 2.76. The summed E-state index contributed by atoms with van der Waals surface area (Å²) in [5.74, 6) is -1.08. The number of ether oxygens (including phenoxy) is 2. The molecule has 0 unspecified atom stereocenters. The predicted octanol–water partition coefficient (Wildman–Crippen LogP) is 5.01. The number of aliphatic hydroxyl groups excluding tert-OH is 3. The van der Waals surface area contributed by atoms with Crippen molar-refractivity contribution in [2.75, 3.05) is 0 Å². The average molecular weight is 633 g/mol. The van der Waals surface area contributed by atoms with Crippen molar-refractivity contribution < 1.29 is 44.6 Å². The van der Waals surface area contributed by atoms with Crippen molar-refractivity contribution in [3.05, 3.63) is 11.6 Å². The number of carboxylic acids is 2. The van der Waals surface area contributed by atoms with Crippen molar-refractivity contribution >= 4 is 11.9 Å². The Bertz CT molecular complexity index is 1250. The minimum Gasteiger partial charge on any atom is -0.481 e. The van der Waals surface area contributed by atoms with Crippen molar-refractivity contribution in [3.8, 4) is 0 Å². The van der Waals surface area contributed by atoms with Crippen LogP contribution in [0.3, 0.4) is 0 Å². The summed E-state index contributed by atoms with van der Waals surface area (Å²) in [5, 5.41) is 53.2. The molecular formula is C36H56O9. The van der Waals surface area contributed by atoms with Gasteiger partial charge in [-0.25, -0.2) is 0 Å². The molecule has 5 aliphatic carbocycles. The summed E-state index contributed by atoms with van der Waals surface area (Å²) >= 11 is 0. The molecule has 9 heteroatoms. The van der Waals surface area contributed by atoms with Gasteiger partial charge in [-0.3, -0.25) is 9.59 Å². The first-order valence-corrected chi connectivity index (χ1v) is 17.4. The van der Waals surface area contributed by atoms with Crippen LogP contribution in [0.2, 0.25) is 0 Å². The van der Waals surface area contributed by atoms with E-state index in [0.717, 1.165) is 37.7 Å². The topological polar surface area (TPSA) is 154 Å². The summed E-state index contributed by atoms with van der Waals surface area (Å²) in [6.07, 6.45) is 2.36. The highest BCUT2D eigenvalue weighted by Gasteiger charge is 2.73. The van der Waals surface area contributed by atoms with Crippen molar-refractivity contribution in [2.45, 2.75) is 143 Å². The van der Waals surface area contributed by atoms with Crippen LogP contribution in [0.25, 0.3) is 0 Å². The Labute approximate surface area is 267 Å². The van der Waals surface area contributed by atoms with Gasteiger partial charge in [0, 0.05) is 0 Å². The molecule has 5 N–H and O–H groups in total. The quantitative estimate of drug-likeness (QED) is 0.213. The van der Waals surface area contributed by atoms with Gasteiger partial charge in [-0.1, -0.05) is 53.2 Å². The largest absolute Gasteiger partial charge is 0.481 e. The van der Waals surface area contributed by atoms with Crippen molar-refractivity contribution in [1.82, 2.24) is 0 Å². The first kappa shape index (κ1) is 33.4. The van der Waals surface area contributed by atoms with E-state index in [1.165, 1.54) is 0 Å². The van der Waals surface area contributed by atoms with E-state index in [0.29, 0.717) is 31.6 Å². The lowest BCUT2D eigenvalue weighted by Crippen LogP contribution is -2.68. The number of fused-ring (bicyclic) bond motifs is 7. The van der Waals surface area contributed by atoms with Gasteiger partial charge in [0.15, 0.2) is 6.29 Å². The van der Waals surface area contributed by atoms with Gasteiger partial charge in [-0.05, 0) is 111 Å². The summed E-state index contributed by atoms with van der Waals surface area (Å²) in [7, 11) is 0. The zero-order chi connectivity index (χ0) is 33.1. The summed E-state index contributed by atoms with van der Waals surface area (Å²) < 4.78 is 12.3. The van der Waals surface area contributed by atoms with E-state index < -0.39 is 58.9 Å². The normalized spacial score (nSPS) is 54.0. The lowest BCUT2D eigenvalue weighted by molar-refractivity contribution is -0.324. The molecule has 0 spiro atoms. The summed E-state index contributed by atoms with van der Waals surface area (Å²) in [6, 6.07) is 0. The van der Waals surface area contributed by atoms with E-state index in [2.05, 4.69) is 47.6 Å². The molecule has 45 heavy (non-hydrogen) atoms. The Hall–Kier alpha value is -1.52. The Kier molecular flexibility index (Phi) is 7.97. The smallest absolute Gasteiger partial charge is 0.314 e. The van der Waals surface area contributed by atoms with E-state index in [-0.39, 0.29) is 40.6 Å². The summed E-state index contributed by atoms with van der Waals surface area (Å²) in [5.41, 5.74) is -2.13. The first-order valence-electron chi connectivity index (χ1n) is 17.4. The first-order chi connectivity index (χ1) is 20.9. The van der Waals surface area contributed by atoms with Crippen LogP contribution in [-0.4, -0.2) is 74.3 Å². The second-order valence-corrected chi connectivity index (χ2v) is 17.2. The molecule has 0 radical (unpaired) electrons. The Morgan fingerprint density at radius 3 is 2.16 bits per heavy atom. The number of aliphatic hydroxyl groups is 3. The van der Waals surface area contributed by atoms with Crippen LogP contribution in [0, 0.1) is 56.7 Å². The van der Waals surface area contributed by atoms with Crippen LogP contribution in [0.4, 0.5) is 0 Å². The number of carbonyl (C=O) groups is 2. The van der Waals surface area contributed by atoms with Crippen LogP contribution in [0.1, 0.15) is 106 Å². The Balaban J connectivity index is 1.35. The van der Waals surface area contributed by atoms with E-state index in [1.54, 1.807) is 6.92 Å². The predicted molar refractivity (Wildman–Crippen MR) is 166 cm³/mol. The fourth-order valence-electron chi connectivity index (χ4n) is 12.5. The molecule has 0 aromatic heterocycles. The van der Waals surface area contributed by atoms with Crippen LogP contribution < -0.4 is 0 Å². The lowest BCUT2D eigenvalue weighted by Gasteiger charge is -2.70. The van der Waals surface area contributed by atoms with E-state index in [9.17, 15) is 35.1 Å². The molecule has 15 atom stereocenters. The molecule has 6 rings (SSSR count). The molecule has 9 nitrogen and oxygen atoms in total. The van der Waals surface area contributed by atoms with E-state index in [4.69, 9.17) is 9.47 Å². The van der Waals surface area contributed by atoms with Crippen molar-refractivity contribution in [1.29, 1.82) is 0 Å². The number of rotatable bonds is 4. The molecule has 0 aromatic rings. The van der Waals surface area contributed by atoms with Gasteiger partial charge in [-0.15, -0.1) is 0 Å². The van der Waals surface area contributed by atoms with Gasteiger partial charge in [-0.2, -0.15) is 0 Å². The van der Waals surface area contributed by atoms with Crippen molar-refractivity contribution in [3.63, 3.8) is 0 Å². The van der Waals surface area contributed by atoms with Gasteiger partial charge < -0.3 is 35.0 Å². The van der Waals surface area contributed by atoms with Gasteiger partial charge in [0.25, 0.3) is 0 Å². The second kappa shape index (κ2) is 10.7. The molecule has 0 aromatic carbocycles. The number of hydrogen-bond donors (Lipinski definition) is 5. The Morgan fingerprint density at radius 1 is 0.822 bits per heavy atom. The van der Waals surface area contributed by atoms with Gasteiger partial charge in [0.2, 0.25) is 0 Å². The standard InChI is InChI=1S/C36H56O9/c1-18-10-15-35(30(40)41)16-17-36(31(42)43)21(25(35)19(18)2)8-9-23-33(6)13-12-24(32(4,5)22(33)11-14-34(23,36)7)45-29-28(39)27(38)26(37)20(3)44-29/h8,18-20,22-29,37-39H,9-17H2,1-7H3,(H,40,41)(H,42,43)/t18-,19+,20-,22-,23-,24+,25+,26-,27+,28-,29+,33+,34-,35+,36-/m1/s1. The highest BCUT2D eigenvalue weighted by atomic mass is 16.7. The fraction of sp³-hybridized carbons (Fsp3) is 0.889. The maximum atomic E-state index is 13.8. The molecule has 1 heterocycles. The molecule has 1 aliphatic heterocycles. The number of hydrogen-bond acceptors (Lipinski definition) is 7. The molecule has 6 aliphatic rings. The zero-order valence-electron chi connectivity index (χ0n) is 28.2. The van der Waals surface area contributed by atoms with Gasteiger partial charge >= 0.3 is 11.9 Å². The van der Waals surface area contributed by atoms with Crippen LogP contribution in [0.5, 0.6) is 0 Å². The zero-order valence-corrected chi connectivity index (χ0v) is 28.2. The minimum absolute atomic E-state index is 0.0958. The van der Waals surface area contributed by atoms with E-state index in [1.807, 2.05) is 0 Å². The average Bonchev–Trinajstić information content (AvgIpc) is 2.97. The molecule has 4 saturated carbocycles. The number of carboxylic acid groups (broad SMARTS) is 2. The SMILES string of the molecule is C[C@H]1[C@H](C)CC[C@]2(C(=O)O)CC[C@]3(C(=O)O)C(=CC[C@@H]4[C@@]5(C)CC[C@H](O[C@@H]6O[C@H](C)[C@@H](O)[C@H](O)[C@H]6O)C(C)(C)[C@H]5CC[C@]43C)[C@H]12. The molecule has 0 amide bonds. The minimum atomic E-state index is -1.36. The fourth-order valence-corrected chi connectivity index (χ4v) is 12.5. The number of aliphatic carboxylic acids is 2. The molecule has 0 bridgehead atoms. The molecule has 1 saturated heterocycles. The third-order valence-corrected chi connectivity index (χ3v) is 15.3. The van der Waals surface area contributed by atoms with Crippen LogP contribution in [-0.2, 0) is 19.1 Å². The molecule has 254 valence electrons. The second-order valence-electron chi connectivity index (χ2n) is 17.2. The maximum absolute atomic E-state index is 13.8.